The third-order valence-corrected chi connectivity index (χ3v) is 2.70. The Bertz CT molecular complexity index is 728. The number of rotatable bonds is 6. The third kappa shape index (κ3) is 4.88. The summed E-state index contributed by atoms with van der Waals surface area (Å²) < 4.78 is 39.0. The van der Waals surface area contributed by atoms with Crippen molar-refractivity contribution < 1.29 is 37.8 Å². The van der Waals surface area contributed by atoms with E-state index in [1.807, 2.05) is 0 Å². The first-order valence-electron chi connectivity index (χ1n) is 6.08. The lowest BCUT2D eigenvalue weighted by molar-refractivity contribution is -0.145. The lowest BCUT2D eigenvalue weighted by atomic mass is 10.0. The Morgan fingerprint density at radius 3 is 2.38 bits per heavy atom. The van der Waals surface area contributed by atoms with Gasteiger partial charge >= 0.3 is 18.1 Å². The summed E-state index contributed by atoms with van der Waals surface area (Å²) in [5, 5.41) is 22.1. The van der Waals surface area contributed by atoms with Crippen LogP contribution in [0.2, 0.25) is 0 Å². The van der Waals surface area contributed by atoms with E-state index in [1.54, 1.807) is 5.32 Å². The third-order valence-electron chi connectivity index (χ3n) is 2.70. The number of aliphatic carboxylic acids is 2. The monoisotopic (exact) mass is 346 g/mol. The number of amides is 1. The normalized spacial score (nSPS) is 12.0. The molecular weight excluding hydrogens is 337 g/mol. The van der Waals surface area contributed by atoms with E-state index >= 15 is 0 Å². The zero-order valence-corrected chi connectivity index (χ0v) is 11.6. The Labute approximate surface area is 131 Å². The quantitative estimate of drug-likeness (QED) is 0.410. The molecule has 1 rings (SSSR count). The van der Waals surface area contributed by atoms with Crippen LogP contribution in [0.1, 0.15) is 22.3 Å². The predicted molar refractivity (Wildman–Crippen MR) is 71.4 cm³/mol. The van der Waals surface area contributed by atoms with E-state index in [2.05, 4.69) is 10.0 Å². The lowest BCUT2D eigenvalue weighted by Gasteiger charge is -2.16. The van der Waals surface area contributed by atoms with Crippen LogP contribution < -0.4 is 5.32 Å². The first kappa shape index (κ1) is 18.8. The van der Waals surface area contributed by atoms with E-state index in [-0.39, 0.29) is 0 Å². The van der Waals surface area contributed by atoms with Crippen LogP contribution >= 0.6 is 0 Å². The van der Waals surface area contributed by atoms with Gasteiger partial charge in [-0.25, -0.2) is 4.79 Å². The van der Waals surface area contributed by atoms with Crippen LogP contribution in [0, 0.1) is 0 Å². The van der Waals surface area contributed by atoms with Gasteiger partial charge in [0.15, 0.2) is 0 Å². The average Bonchev–Trinajstić information content (AvgIpc) is 2.45. The number of carbonyl (C=O) groups is 3. The van der Waals surface area contributed by atoms with Gasteiger partial charge in [-0.05, 0) is 17.7 Å². The van der Waals surface area contributed by atoms with Crippen molar-refractivity contribution in [3.8, 4) is 0 Å². The van der Waals surface area contributed by atoms with E-state index in [0.717, 1.165) is 6.07 Å². The fraction of sp³-hybridized carbons (Fsp3) is 0.250. The molecule has 0 saturated heterocycles. The highest BCUT2D eigenvalue weighted by Gasteiger charge is 2.36. The molecule has 1 atom stereocenters. The molecule has 1 aromatic carbocycles. The molecule has 1 aromatic rings. The van der Waals surface area contributed by atoms with Crippen LogP contribution in [0.3, 0.4) is 0 Å². The van der Waals surface area contributed by atoms with E-state index in [1.165, 1.54) is 0 Å². The largest absolute Gasteiger partial charge is 0.481 e. The van der Waals surface area contributed by atoms with Gasteiger partial charge in [-0.2, -0.15) is 13.2 Å². The molecule has 0 heterocycles. The summed E-state index contributed by atoms with van der Waals surface area (Å²) >= 11 is 0. The van der Waals surface area contributed by atoms with E-state index in [9.17, 15) is 27.6 Å². The number of azide groups is 1. The van der Waals surface area contributed by atoms with Crippen molar-refractivity contribution in [2.45, 2.75) is 18.6 Å². The van der Waals surface area contributed by atoms with Crippen LogP contribution in [-0.4, -0.2) is 34.1 Å². The van der Waals surface area contributed by atoms with Gasteiger partial charge in [0, 0.05) is 10.6 Å². The van der Waals surface area contributed by atoms with Gasteiger partial charge < -0.3 is 15.5 Å². The number of halogens is 3. The molecule has 1 amide bonds. The van der Waals surface area contributed by atoms with Crippen LogP contribution in [0.5, 0.6) is 0 Å². The number of nitrogens with one attached hydrogen (secondary N) is 1. The summed E-state index contributed by atoms with van der Waals surface area (Å²) in [6.45, 7) is 0. The molecule has 0 spiro atoms. The van der Waals surface area contributed by atoms with Crippen molar-refractivity contribution in [1.29, 1.82) is 0 Å². The van der Waals surface area contributed by atoms with E-state index in [4.69, 9.17) is 15.7 Å². The highest BCUT2D eigenvalue weighted by Crippen LogP contribution is 2.34. The first-order chi connectivity index (χ1) is 11.1. The summed E-state index contributed by atoms with van der Waals surface area (Å²) in [5.41, 5.74) is 5.44. The fourth-order valence-electron chi connectivity index (χ4n) is 1.69. The summed E-state index contributed by atoms with van der Waals surface area (Å²) in [4.78, 5) is 35.6. The molecule has 0 aliphatic heterocycles. The smallest absolute Gasteiger partial charge is 0.417 e. The number of carboxylic acids is 2. The molecule has 0 fully saturated rings. The minimum absolute atomic E-state index is 0.401. The highest BCUT2D eigenvalue weighted by atomic mass is 19.4. The minimum atomic E-state index is -4.99. The molecule has 128 valence electrons. The van der Waals surface area contributed by atoms with Crippen molar-refractivity contribution in [2.75, 3.05) is 0 Å². The van der Waals surface area contributed by atoms with Gasteiger partial charge in [-0.15, -0.1) is 0 Å². The van der Waals surface area contributed by atoms with Crippen LogP contribution in [0.4, 0.5) is 18.9 Å². The maximum absolute atomic E-state index is 13.0. The summed E-state index contributed by atoms with van der Waals surface area (Å²) in [6.07, 6.45) is -6.00. The van der Waals surface area contributed by atoms with Crippen LogP contribution in [0.15, 0.2) is 23.3 Å². The number of alkyl halides is 3. The molecule has 0 aliphatic rings. The first-order valence-corrected chi connectivity index (χ1v) is 6.08. The second kappa shape index (κ2) is 7.33. The molecule has 24 heavy (non-hydrogen) atoms. The molecule has 0 saturated carbocycles. The van der Waals surface area contributed by atoms with Gasteiger partial charge in [0.1, 0.15) is 6.04 Å². The van der Waals surface area contributed by atoms with Gasteiger partial charge in [0.25, 0.3) is 5.91 Å². The maximum Gasteiger partial charge on any atom is 0.417 e. The molecule has 0 aromatic heterocycles. The molecule has 12 heteroatoms. The van der Waals surface area contributed by atoms with E-state index in [0.29, 0.717) is 12.1 Å². The summed E-state index contributed by atoms with van der Waals surface area (Å²) in [5.74, 6) is -4.70. The standard InChI is InChI=1S/C12H9F3N4O5/c13-12(14,15)7-3-5(18-19-16)1-2-6(7)10(22)17-8(11(23)24)4-9(20)21/h1-3,8H,4H2,(H,17,22)(H,20,21)(H,23,24)/t8-/m0/s1. The Morgan fingerprint density at radius 2 is 1.92 bits per heavy atom. The van der Waals surface area contributed by atoms with Crippen LogP contribution in [-0.2, 0) is 15.8 Å². The second-order valence-corrected chi connectivity index (χ2v) is 4.38. The van der Waals surface area contributed by atoms with Crippen LogP contribution in [0.25, 0.3) is 10.4 Å². The Balaban J connectivity index is 3.24. The lowest BCUT2D eigenvalue weighted by Crippen LogP contribution is -2.42. The molecular formula is C12H9F3N4O5. The maximum atomic E-state index is 13.0. The van der Waals surface area contributed by atoms with Gasteiger partial charge in [0.05, 0.1) is 17.5 Å². The predicted octanol–water partition coefficient (Wildman–Crippen LogP) is 2.30. The van der Waals surface area contributed by atoms with Crippen molar-refractivity contribution in [3.63, 3.8) is 0 Å². The zero-order chi connectivity index (χ0) is 18.5. The Morgan fingerprint density at radius 1 is 1.29 bits per heavy atom. The zero-order valence-electron chi connectivity index (χ0n) is 11.6. The minimum Gasteiger partial charge on any atom is -0.481 e. The second-order valence-electron chi connectivity index (χ2n) is 4.38. The number of hydrogen-bond acceptors (Lipinski definition) is 4. The Hall–Kier alpha value is -3.27. The number of benzene rings is 1. The number of hydrogen-bond donors (Lipinski definition) is 3. The topological polar surface area (TPSA) is 152 Å². The number of nitrogens with zero attached hydrogens (tertiary/aromatic N) is 3. The molecule has 9 nitrogen and oxygen atoms in total. The summed E-state index contributed by atoms with van der Waals surface area (Å²) in [7, 11) is 0. The SMILES string of the molecule is [N-]=[N+]=Nc1ccc(C(=O)N[C@@H](CC(=O)O)C(=O)O)c(C(F)(F)F)c1. The number of carbonyl (C=O) groups excluding carboxylic acids is 1. The van der Waals surface area contributed by atoms with Crippen molar-refractivity contribution in [2.24, 2.45) is 5.11 Å². The van der Waals surface area contributed by atoms with Gasteiger partial charge in [-0.1, -0.05) is 11.2 Å². The highest BCUT2D eigenvalue weighted by molar-refractivity contribution is 5.99. The van der Waals surface area contributed by atoms with E-state index < -0.39 is 53.3 Å². The summed E-state index contributed by atoms with van der Waals surface area (Å²) in [6, 6.07) is 0.133. The average molecular weight is 346 g/mol. The van der Waals surface area contributed by atoms with Gasteiger partial charge in [0.2, 0.25) is 0 Å². The molecule has 3 N–H and O–H groups in total. The van der Waals surface area contributed by atoms with Crippen molar-refractivity contribution in [3.05, 3.63) is 39.8 Å². The van der Waals surface area contributed by atoms with Crippen molar-refractivity contribution >= 4 is 23.5 Å². The van der Waals surface area contributed by atoms with Crippen molar-refractivity contribution in [1.82, 2.24) is 5.32 Å². The fourth-order valence-corrected chi connectivity index (χ4v) is 1.69. The molecule has 0 bridgehead atoms. The Kier molecular flexibility index (Phi) is 5.73. The van der Waals surface area contributed by atoms with Gasteiger partial charge in [-0.3, -0.25) is 9.59 Å². The molecule has 0 unspecified atom stereocenters. The number of carboxylic acid groups (broad SMARTS) is 2. The molecule has 0 radical (unpaired) electrons. The molecule has 0 aliphatic carbocycles.